The third kappa shape index (κ3) is 7.92. The van der Waals surface area contributed by atoms with Crippen molar-refractivity contribution in [3.8, 4) is 5.75 Å². The van der Waals surface area contributed by atoms with Gasteiger partial charge in [-0.15, -0.1) is 0 Å². The highest BCUT2D eigenvalue weighted by Gasteiger charge is 2.02. The number of halogens is 1. The number of carbonyl (C=O) groups is 1. The Hall–Kier alpha value is -1.27. The quantitative estimate of drug-likeness (QED) is 0.716. The lowest BCUT2D eigenvalue weighted by molar-refractivity contribution is 0.239. The van der Waals surface area contributed by atoms with Crippen LogP contribution in [0.5, 0.6) is 5.75 Å². The van der Waals surface area contributed by atoms with Crippen molar-refractivity contribution in [1.29, 1.82) is 0 Å². The van der Waals surface area contributed by atoms with Crippen LogP contribution in [0.3, 0.4) is 0 Å². The number of aryl methyl sites for hydroxylation is 1. The number of carbonyl (C=O) groups excluding carboxylic acids is 1. The lowest BCUT2D eigenvalue weighted by atomic mass is 10.2. The first kappa shape index (κ1) is 17.8. The van der Waals surface area contributed by atoms with E-state index in [0.29, 0.717) is 36.9 Å². The molecule has 0 aliphatic rings. The van der Waals surface area contributed by atoms with E-state index in [1.165, 1.54) is 0 Å². The van der Waals surface area contributed by atoms with Crippen molar-refractivity contribution in [2.75, 3.05) is 31.7 Å². The van der Waals surface area contributed by atoms with Crippen molar-refractivity contribution in [2.24, 2.45) is 0 Å². The van der Waals surface area contributed by atoms with Crippen molar-refractivity contribution in [3.05, 3.63) is 28.8 Å². The first-order chi connectivity index (χ1) is 9.99. The third-order valence-corrected chi connectivity index (χ3v) is 3.69. The Balaban J connectivity index is 2.11. The zero-order valence-electron chi connectivity index (χ0n) is 12.3. The molecule has 2 amide bonds. The predicted octanol–water partition coefficient (Wildman–Crippen LogP) is 2.10. The Bertz CT molecular complexity index is 497. The molecule has 1 unspecified atom stereocenters. The highest BCUT2D eigenvalue weighted by atomic mass is 35.5. The molecule has 0 radical (unpaired) electrons. The third-order valence-electron chi connectivity index (χ3n) is 2.68. The summed E-state index contributed by atoms with van der Waals surface area (Å²) < 4.78 is 16.4. The molecule has 0 spiro atoms. The van der Waals surface area contributed by atoms with Crippen molar-refractivity contribution in [1.82, 2.24) is 10.6 Å². The molecule has 0 saturated heterocycles. The molecule has 21 heavy (non-hydrogen) atoms. The van der Waals surface area contributed by atoms with E-state index < -0.39 is 10.8 Å². The number of nitrogens with one attached hydrogen (secondary N) is 2. The van der Waals surface area contributed by atoms with E-state index in [1.807, 2.05) is 19.1 Å². The van der Waals surface area contributed by atoms with Gasteiger partial charge in [-0.1, -0.05) is 11.6 Å². The van der Waals surface area contributed by atoms with Crippen LogP contribution in [0.1, 0.15) is 12.0 Å². The van der Waals surface area contributed by atoms with Crippen molar-refractivity contribution >= 4 is 28.4 Å². The van der Waals surface area contributed by atoms with E-state index in [9.17, 15) is 9.00 Å². The van der Waals surface area contributed by atoms with E-state index in [2.05, 4.69) is 10.6 Å². The summed E-state index contributed by atoms with van der Waals surface area (Å²) in [7, 11) is -0.888. The zero-order valence-corrected chi connectivity index (χ0v) is 13.9. The van der Waals surface area contributed by atoms with Gasteiger partial charge in [0.05, 0.1) is 6.61 Å². The van der Waals surface area contributed by atoms with Crippen LogP contribution in [0.15, 0.2) is 18.2 Å². The minimum absolute atomic E-state index is 0.247. The molecule has 2 N–H and O–H groups in total. The lowest BCUT2D eigenvalue weighted by Gasteiger charge is -2.10. The van der Waals surface area contributed by atoms with Crippen LogP contribution in [0.2, 0.25) is 5.02 Å². The zero-order chi connectivity index (χ0) is 15.7. The fourth-order valence-electron chi connectivity index (χ4n) is 1.60. The molecule has 0 saturated carbocycles. The number of urea groups is 1. The maximum absolute atomic E-state index is 11.4. The number of rotatable bonds is 8. The van der Waals surface area contributed by atoms with Crippen LogP contribution >= 0.6 is 11.6 Å². The number of ether oxygens (including phenoxy) is 1. The van der Waals surface area contributed by atoms with Crippen LogP contribution in [0.25, 0.3) is 0 Å². The first-order valence-electron chi connectivity index (χ1n) is 6.69. The maximum atomic E-state index is 11.4. The van der Waals surface area contributed by atoms with Gasteiger partial charge in [0, 0.05) is 40.9 Å². The normalized spacial score (nSPS) is 11.8. The molecule has 1 rings (SSSR count). The lowest BCUT2D eigenvalue weighted by Crippen LogP contribution is -2.38. The number of hydrogen-bond donors (Lipinski definition) is 2. The van der Waals surface area contributed by atoms with E-state index >= 15 is 0 Å². The van der Waals surface area contributed by atoms with Crippen molar-refractivity contribution < 1.29 is 13.7 Å². The second kappa shape index (κ2) is 9.63. The fraction of sp³-hybridized carbons (Fsp3) is 0.500. The molecule has 0 aromatic heterocycles. The molecule has 0 aliphatic carbocycles. The molecule has 118 valence electrons. The van der Waals surface area contributed by atoms with E-state index in [0.717, 1.165) is 11.3 Å². The largest absolute Gasteiger partial charge is 0.493 e. The van der Waals surface area contributed by atoms with E-state index in [-0.39, 0.29) is 6.03 Å². The highest BCUT2D eigenvalue weighted by molar-refractivity contribution is 7.84. The second-order valence-electron chi connectivity index (χ2n) is 4.57. The first-order valence-corrected chi connectivity index (χ1v) is 8.80. The minimum atomic E-state index is -0.888. The van der Waals surface area contributed by atoms with E-state index in [1.54, 1.807) is 12.3 Å². The Morgan fingerprint density at radius 1 is 1.33 bits per heavy atom. The van der Waals surface area contributed by atoms with Gasteiger partial charge in [0.1, 0.15) is 5.75 Å². The Labute approximate surface area is 132 Å². The summed E-state index contributed by atoms with van der Waals surface area (Å²) in [5.74, 6) is 1.26. The van der Waals surface area contributed by atoms with E-state index in [4.69, 9.17) is 16.3 Å². The van der Waals surface area contributed by atoms with Crippen LogP contribution in [0, 0.1) is 6.92 Å². The van der Waals surface area contributed by atoms with Crippen molar-refractivity contribution in [2.45, 2.75) is 13.3 Å². The van der Waals surface area contributed by atoms with Gasteiger partial charge in [-0.2, -0.15) is 0 Å². The SMILES string of the molecule is Cc1cc(Cl)ccc1OCCCNC(=O)NCCS(C)=O. The summed E-state index contributed by atoms with van der Waals surface area (Å²) in [6.45, 7) is 3.38. The van der Waals surface area contributed by atoms with Gasteiger partial charge in [-0.05, 0) is 37.1 Å². The average molecular weight is 333 g/mol. The highest BCUT2D eigenvalue weighted by Crippen LogP contribution is 2.21. The van der Waals surface area contributed by atoms with Gasteiger partial charge in [-0.3, -0.25) is 4.21 Å². The molecular formula is C14H21ClN2O3S. The molecule has 7 heteroatoms. The molecule has 0 bridgehead atoms. The summed E-state index contributed by atoms with van der Waals surface area (Å²) in [5.41, 5.74) is 0.987. The molecule has 5 nitrogen and oxygen atoms in total. The van der Waals surface area contributed by atoms with Crippen LogP contribution < -0.4 is 15.4 Å². The molecule has 0 fully saturated rings. The summed E-state index contributed by atoms with van der Waals surface area (Å²) in [6, 6.07) is 5.22. The smallest absolute Gasteiger partial charge is 0.314 e. The molecule has 1 aromatic carbocycles. The second-order valence-corrected chi connectivity index (χ2v) is 6.56. The summed E-state index contributed by atoms with van der Waals surface area (Å²) in [5, 5.41) is 6.04. The molecule has 1 aromatic rings. The monoisotopic (exact) mass is 332 g/mol. The van der Waals surface area contributed by atoms with Gasteiger partial charge in [0.25, 0.3) is 0 Å². The number of amides is 2. The van der Waals surface area contributed by atoms with Gasteiger partial charge < -0.3 is 15.4 Å². The Kier molecular flexibility index (Phi) is 8.15. The molecule has 1 atom stereocenters. The van der Waals surface area contributed by atoms with Gasteiger partial charge in [0.2, 0.25) is 0 Å². The molecule has 0 aliphatic heterocycles. The van der Waals surface area contributed by atoms with Crippen LogP contribution in [-0.2, 0) is 10.8 Å². The summed E-state index contributed by atoms with van der Waals surface area (Å²) >= 11 is 5.87. The Morgan fingerprint density at radius 2 is 2.05 bits per heavy atom. The van der Waals surface area contributed by atoms with Gasteiger partial charge in [0.15, 0.2) is 0 Å². The minimum Gasteiger partial charge on any atom is -0.493 e. The standard InChI is InChI=1S/C14H21ClN2O3S/c1-11-10-12(15)4-5-13(11)20-8-3-6-16-14(18)17-7-9-21(2)19/h4-5,10H,3,6-9H2,1-2H3,(H2,16,17,18). The van der Waals surface area contributed by atoms with Crippen LogP contribution in [-0.4, -0.2) is 41.9 Å². The number of hydrogen-bond acceptors (Lipinski definition) is 3. The van der Waals surface area contributed by atoms with Gasteiger partial charge in [-0.25, -0.2) is 4.79 Å². The Morgan fingerprint density at radius 3 is 2.71 bits per heavy atom. The summed E-state index contributed by atoms with van der Waals surface area (Å²) in [6.07, 6.45) is 2.31. The van der Waals surface area contributed by atoms with Crippen molar-refractivity contribution in [3.63, 3.8) is 0 Å². The average Bonchev–Trinajstić information content (AvgIpc) is 2.40. The molecule has 0 heterocycles. The summed E-state index contributed by atoms with van der Waals surface area (Å²) in [4.78, 5) is 11.4. The topological polar surface area (TPSA) is 67.4 Å². The maximum Gasteiger partial charge on any atom is 0.314 e. The van der Waals surface area contributed by atoms with Gasteiger partial charge >= 0.3 is 6.03 Å². The van der Waals surface area contributed by atoms with Crippen LogP contribution in [0.4, 0.5) is 4.79 Å². The predicted molar refractivity (Wildman–Crippen MR) is 86.6 cm³/mol. The fourth-order valence-corrected chi connectivity index (χ4v) is 2.22. The molecular weight excluding hydrogens is 312 g/mol. The number of benzene rings is 1.